The van der Waals surface area contributed by atoms with Crippen LogP contribution in [0.4, 0.5) is 0 Å². The smallest absolute Gasteiger partial charge is 0.223 e. The summed E-state index contributed by atoms with van der Waals surface area (Å²) >= 11 is 0. The zero-order valence-electron chi connectivity index (χ0n) is 52.7. The number of rotatable bonds is 20. The predicted molar refractivity (Wildman–Crippen MR) is 343 cm³/mol. The van der Waals surface area contributed by atoms with Gasteiger partial charge in [-0.2, -0.15) is 0 Å². The molecule has 18 rings (SSSR count). The third-order valence-corrected chi connectivity index (χ3v) is 20.2. The summed E-state index contributed by atoms with van der Waals surface area (Å²) in [4.78, 5) is 0. The van der Waals surface area contributed by atoms with Crippen LogP contribution in [0.15, 0.2) is 158 Å². The Morgan fingerprint density at radius 1 is 0.277 bits per heavy atom. The molecule has 8 aromatic rings. The number of hydrogen-bond donors (Lipinski definition) is 0. The van der Waals surface area contributed by atoms with Crippen LogP contribution in [0, 0.1) is 0 Å². The Kier molecular flexibility index (Phi) is 14.7. The molecule has 8 aliphatic heterocycles. The van der Waals surface area contributed by atoms with Crippen molar-refractivity contribution in [2.45, 2.75) is 138 Å². The molecule has 16 nitrogen and oxygen atoms in total. The summed E-state index contributed by atoms with van der Waals surface area (Å²) in [5.74, 6) is 6.13. The zero-order valence-corrected chi connectivity index (χ0v) is 52.7. The highest BCUT2D eigenvalue weighted by molar-refractivity contribution is 5.70. The second-order valence-corrected chi connectivity index (χ2v) is 27.0. The largest absolute Gasteiger partial charge is 0.462 e. The van der Waals surface area contributed by atoms with Crippen LogP contribution in [-0.4, -0.2) is 103 Å². The lowest BCUT2D eigenvalue weighted by atomic mass is 9.63. The van der Waals surface area contributed by atoms with Crippen LogP contribution in [0.25, 0.3) is 11.1 Å². The quantitative estimate of drug-likeness (QED) is 0.0659. The van der Waals surface area contributed by atoms with Crippen LogP contribution < -0.4 is 37.9 Å². The molecule has 0 amide bonds. The van der Waals surface area contributed by atoms with Gasteiger partial charge < -0.3 is 75.8 Å². The summed E-state index contributed by atoms with van der Waals surface area (Å²) in [5.41, 5.74) is 13.5. The molecular weight excluding hydrogens is 1190 g/mol. The molecule has 11 unspecified atom stereocenters. The van der Waals surface area contributed by atoms with Gasteiger partial charge in [0.1, 0.15) is 98.9 Å². The van der Waals surface area contributed by atoms with Crippen molar-refractivity contribution in [3.8, 4) is 57.1 Å². The SMILES string of the molecule is CC1(c2ccc(OC3CO3)cc2)CCCCC2(c3ccc(OC4CO4)cc3)CCC(C)(c3ccc(OC4CO4)cc3)c3ccc(OC4CO4)c(c3)Cc3cc2cc(c3OC2CO2)Cc2cc(-c3ccc(OC4CO4)cc3)cc(c2OC2CO2)Cc2cc1ccc2OC1CO1. The highest BCUT2D eigenvalue weighted by Gasteiger charge is 2.43. The Balaban J connectivity index is 0.865. The Labute approximate surface area is 546 Å². The van der Waals surface area contributed by atoms with E-state index in [0.717, 1.165) is 129 Å². The minimum Gasteiger partial charge on any atom is -0.462 e. The van der Waals surface area contributed by atoms with E-state index in [1.807, 2.05) is 12.1 Å². The van der Waals surface area contributed by atoms with Gasteiger partial charge in [0.25, 0.3) is 0 Å². The molecule has 0 N–H and O–H groups in total. The van der Waals surface area contributed by atoms with Crippen molar-refractivity contribution in [1.82, 2.24) is 0 Å². The van der Waals surface area contributed by atoms with Crippen molar-refractivity contribution in [2.75, 3.05) is 52.9 Å². The normalized spacial score (nSPS) is 28.9. The lowest BCUT2D eigenvalue weighted by molar-refractivity contribution is 0.174. The number of epoxide rings is 8. The van der Waals surface area contributed by atoms with Gasteiger partial charge in [-0.1, -0.05) is 112 Å². The number of benzene rings is 8. The molecule has 0 aromatic heterocycles. The first-order valence-electron chi connectivity index (χ1n) is 33.3. The first-order valence-corrected chi connectivity index (χ1v) is 33.3. The molecule has 2 aliphatic carbocycles. The highest BCUT2D eigenvalue weighted by Crippen LogP contribution is 2.53. The molecule has 94 heavy (non-hydrogen) atoms. The number of ether oxygens (including phenoxy) is 16. The van der Waals surface area contributed by atoms with E-state index in [0.29, 0.717) is 72.1 Å². The standard InChI is InChI=1S/C78H74O16/c1-76(54-7-17-61(18-8-54)88-67-39-80-67)25-3-4-26-78(56-11-21-63(22-12-56)90-69-41-82-69)28-27-77(2,55-9-19-62(20-10-55)89-68-40-81-68)58-14-24-65(92-71-43-84-71)49(35-58)32-52-36-59(78)37-53(75(52)94-73-45-86-73)33-51-30-47(46-5-15-60(16-6-46)87-66-38-79-66)29-50(74(51)93-72-44-85-72)31-48-34-57(76)13-23-64(48)91-70-42-83-70/h5-24,29-30,34-37,66-73H,3-4,25-28,31-33,38-45H2,1-2H3. The summed E-state index contributed by atoms with van der Waals surface area (Å²) < 4.78 is 98.4. The van der Waals surface area contributed by atoms with Gasteiger partial charge in [0.15, 0.2) is 0 Å². The second kappa shape index (κ2) is 23.6. The fourth-order valence-corrected chi connectivity index (χ4v) is 14.3. The highest BCUT2D eigenvalue weighted by atomic mass is 16.8. The fourth-order valence-electron chi connectivity index (χ4n) is 14.3. The van der Waals surface area contributed by atoms with E-state index >= 15 is 0 Å². The molecule has 9 bridgehead atoms. The summed E-state index contributed by atoms with van der Waals surface area (Å²) in [7, 11) is 0. The Morgan fingerprint density at radius 2 is 0.596 bits per heavy atom. The lowest BCUT2D eigenvalue weighted by Crippen LogP contribution is -2.33. The number of fused-ring (bicyclic) bond motifs is 8. The van der Waals surface area contributed by atoms with E-state index in [-0.39, 0.29) is 37.7 Å². The maximum atomic E-state index is 7.24. The van der Waals surface area contributed by atoms with Crippen LogP contribution >= 0.6 is 0 Å². The topological polar surface area (TPSA) is 174 Å². The van der Waals surface area contributed by atoms with E-state index in [2.05, 4.69) is 159 Å². The summed E-state index contributed by atoms with van der Waals surface area (Å²) in [6.07, 6.45) is 3.88. The maximum absolute atomic E-state index is 7.24. The van der Waals surface area contributed by atoms with E-state index in [1.165, 1.54) is 33.4 Å². The van der Waals surface area contributed by atoms with E-state index < -0.39 is 28.8 Å². The third kappa shape index (κ3) is 12.6. The summed E-state index contributed by atoms with van der Waals surface area (Å²) in [6, 6.07) is 57.5. The van der Waals surface area contributed by atoms with E-state index in [9.17, 15) is 0 Å². The van der Waals surface area contributed by atoms with E-state index in [4.69, 9.17) is 75.8 Å². The average molecular weight is 1270 g/mol. The fraction of sp³-hybridized carbons (Fsp3) is 0.385. The third-order valence-electron chi connectivity index (χ3n) is 20.2. The van der Waals surface area contributed by atoms with Gasteiger partial charge in [0.05, 0.1) is 0 Å². The average Bonchev–Trinajstić information content (AvgIpc) is 1.70. The van der Waals surface area contributed by atoms with Crippen LogP contribution in [0.2, 0.25) is 0 Å². The Bertz CT molecular complexity index is 4130. The molecule has 11 atom stereocenters. The molecule has 16 heteroatoms. The monoisotopic (exact) mass is 1270 g/mol. The van der Waals surface area contributed by atoms with Crippen molar-refractivity contribution in [2.24, 2.45) is 0 Å². The minimum absolute atomic E-state index is 0.217. The molecule has 8 fully saturated rings. The molecule has 8 aromatic carbocycles. The maximum Gasteiger partial charge on any atom is 0.223 e. The Hall–Kier alpha value is -8.16. The van der Waals surface area contributed by atoms with Gasteiger partial charge in [0.2, 0.25) is 50.3 Å². The van der Waals surface area contributed by atoms with Gasteiger partial charge >= 0.3 is 0 Å². The summed E-state index contributed by atoms with van der Waals surface area (Å²) in [5, 5.41) is 0. The van der Waals surface area contributed by atoms with Crippen LogP contribution in [0.5, 0.6) is 46.0 Å². The molecule has 8 heterocycles. The molecule has 0 saturated carbocycles. The van der Waals surface area contributed by atoms with Gasteiger partial charge in [-0.25, -0.2) is 0 Å². The van der Waals surface area contributed by atoms with Crippen molar-refractivity contribution in [1.29, 1.82) is 0 Å². The van der Waals surface area contributed by atoms with Crippen molar-refractivity contribution in [3.63, 3.8) is 0 Å². The van der Waals surface area contributed by atoms with Gasteiger partial charge in [-0.05, 0) is 176 Å². The molecule has 482 valence electrons. The zero-order chi connectivity index (χ0) is 62.5. The molecule has 10 aliphatic rings. The van der Waals surface area contributed by atoms with Crippen LogP contribution in [0.1, 0.15) is 119 Å². The molecule has 8 saturated heterocycles. The molecule has 0 spiro atoms. The second-order valence-electron chi connectivity index (χ2n) is 27.0. The van der Waals surface area contributed by atoms with Crippen molar-refractivity contribution >= 4 is 0 Å². The number of hydrogen-bond acceptors (Lipinski definition) is 16. The van der Waals surface area contributed by atoms with Gasteiger partial charge in [-0.15, -0.1) is 0 Å². The van der Waals surface area contributed by atoms with Crippen molar-refractivity contribution in [3.05, 3.63) is 224 Å². The molecule has 0 radical (unpaired) electrons. The first kappa shape index (κ1) is 58.4. The first-order chi connectivity index (χ1) is 46.1. The van der Waals surface area contributed by atoms with Crippen LogP contribution in [-0.2, 0) is 73.4 Å². The molecular formula is C78H74O16. The predicted octanol–water partition coefficient (Wildman–Crippen LogP) is 13.3. The van der Waals surface area contributed by atoms with Gasteiger partial charge in [-0.3, -0.25) is 0 Å². The lowest BCUT2D eigenvalue weighted by Gasteiger charge is -2.41. The summed E-state index contributed by atoms with van der Waals surface area (Å²) in [6.45, 7) is 9.14. The Morgan fingerprint density at radius 3 is 1.01 bits per heavy atom. The minimum atomic E-state index is -0.604. The van der Waals surface area contributed by atoms with Gasteiger partial charge in [0, 0.05) is 35.5 Å². The van der Waals surface area contributed by atoms with E-state index in [1.54, 1.807) is 0 Å². The van der Waals surface area contributed by atoms with Crippen molar-refractivity contribution < 1.29 is 75.8 Å². The van der Waals surface area contributed by atoms with Crippen LogP contribution in [0.3, 0.4) is 0 Å².